The van der Waals surface area contributed by atoms with Crippen molar-refractivity contribution in [1.29, 1.82) is 0 Å². The van der Waals surface area contributed by atoms with Crippen molar-refractivity contribution in [3.63, 3.8) is 0 Å². The number of carbonyl (C=O) groups is 1. The summed E-state index contributed by atoms with van der Waals surface area (Å²) in [5.74, 6) is 1.14. The van der Waals surface area contributed by atoms with Crippen LogP contribution < -0.4 is 4.74 Å². The summed E-state index contributed by atoms with van der Waals surface area (Å²) in [6.07, 6.45) is 2.88. The molecular formula is C28H23ClN2O3. The Morgan fingerprint density at radius 1 is 0.971 bits per heavy atom. The molecule has 1 aliphatic heterocycles. The zero-order chi connectivity index (χ0) is 23.3. The number of hydrogen-bond donors (Lipinski definition) is 0. The van der Waals surface area contributed by atoms with Crippen molar-refractivity contribution in [2.75, 3.05) is 6.61 Å². The fraction of sp³-hybridized carbons (Fsp3) is 0.143. The third kappa shape index (κ3) is 4.90. The first-order valence-electron chi connectivity index (χ1n) is 11.1. The highest BCUT2D eigenvalue weighted by Gasteiger charge is 2.35. The smallest absolute Gasteiger partial charge is 0.281 e. The van der Waals surface area contributed by atoms with Gasteiger partial charge in [-0.25, -0.2) is 5.01 Å². The summed E-state index contributed by atoms with van der Waals surface area (Å²) < 4.78 is 11.6. The maximum absolute atomic E-state index is 13.3. The Hall–Kier alpha value is -3.83. The monoisotopic (exact) mass is 470 g/mol. The first kappa shape index (κ1) is 22.0. The lowest BCUT2D eigenvalue weighted by Gasteiger charge is -2.20. The van der Waals surface area contributed by atoms with Crippen LogP contribution in [0, 0.1) is 0 Å². The SMILES string of the molecule is O=C(COc1ccccc1Cc1ccccc1)N1N=C(c2ccc(Cl)cc2)CC1c1ccco1. The van der Waals surface area contributed by atoms with Gasteiger partial charge in [-0.15, -0.1) is 0 Å². The van der Waals surface area contributed by atoms with Crippen LogP contribution in [0.1, 0.15) is 34.9 Å². The van der Waals surface area contributed by atoms with Gasteiger partial charge in [0.2, 0.25) is 0 Å². The molecule has 4 aromatic rings. The molecule has 1 amide bonds. The second-order valence-electron chi connectivity index (χ2n) is 8.09. The van der Waals surface area contributed by atoms with Gasteiger partial charge in [-0.1, -0.05) is 72.3 Å². The molecule has 34 heavy (non-hydrogen) atoms. The maximum Gasteiger partial charge on any atom is 0.281 e. The highest BCUT2D eigenvalue weighted by molar-refractivity contribution is 6.30. The number of nitrogens with zero attached hydrogens (tertiary/aromatic N) is 2. The molecule has 0 aliphatic carbocycles. The van der Waals surface area contributed by atoms with E-state index in [0.29, 0.717) is 23.0 Å². The molecule has 0 fully saturated rings. The number of para-hydroxylation sites is 1. The molecule has 1 aromatic heterocycles. The third-order valence-corrected chi connectivity index (χ3v) is 6.03. The number of carbonyl (C=O) groups excluding carboxylic acids is 1. The van der Waals surface area contributed by atoms with Gasteiger partial charge < -0.3 is 9.15 Å². The molecule has 0 radical (unpaired) electrons. The van der Waals surface area contributed by atoms with Gasteiger partial charge in [-0.3, -0.25) is 4.79 Å². The van der Waals surface area contributed by atoms with Crippen LogP contribution in [0.25, 0.3) is 0 Å². The topological polar surface area (TPSA) is 55.0 Å². The third-order valence-electron chi connectivity index (χ3n) is 5.78. The number of benzene rings is 3. The molecule has 0 bridgehead atoms. The molecule has 3 aromatic carbocycles. The van der Waals surface area contributed by atoms with Gasteiger partial charge >= 0.3 is 0 Å². The number of rotatable bonds is 7. The molecule has 0 N–H and O–H groups in total. The largest absolute Gasteiger partial charge is 0.483 e. The van der Waals surface area contributed by atoms with E-state index in [-0.39, 0.29) is 18.6 Å². The van der Waals surface area contributed by atoms with Crippen molar-refractivity contribution < 1.29 is 13.9 Å². The van der Waals surface area contributed by atoms with Crippen LogP contribution in [-0.4, -0.2) is 23.2 Å². The lowest BCUT2D eigenvalue weighted by molar-refractivity contribution is -0.135. The van der Waals surface area contributed by atoms with Crippen molar-refractivity contribution in [2.24, 2.45) is 5.10 Å². The summed E-state index contributed by atoms with van der Waals surface area (Å²) in [5, 5.41) is 6.77. The van der Waals surface area contributed by atoms with Crippen LogP contribution >= 0.6 is 11.6 Å². The molecule has 1 atom stereocenters. The molecule has 170 valence electrons. The van der Waals surface area contributed by atoms with Crippen molar-refractivity contribution in [3.8, 4) is 5.75 Å². The fourth-order valence-corrected chi connectivity index (χ4v) is 4.20. The van der Waals surface area contributed by atoms with Gasteiger partial charge in [0, 0.05) is 17.9 Å². The molecule has 0 saturated carbocycles. The minimum Gasteiger partial charge on any atom is -0.483 e. The molecule has 0 spiro atoms. The first-order valence-corrected chi connectivity index (χ1v) is 11.5. The molecule has 5 nitrogen and oxygen atoms in total. The highest BCUT2D eigenvalue weighted by Crippen LogP contribution is 2.33. The van der Waals surface area contributed by atoms with E-state index < -0.39 is 0 Å². The molecule has 5 rings (SSSR count). The zero-order valence-electron chi connectivity index (χ0n) is 18.4. The lowest BCUT2D eigenvalue weighted by atomic mass is 10.0. The number of hydrogen-bond acceptors (Lipinski definition) is 4. The van der Waals surface area contributed by atoms with Gasteiger partial charge in [0.25, 0.3) is 5.91 Å². The number of amides is 1. The van der Waals surface area contributed by atoms with Crippen LogP contribution in [-0.2, 0) is 11.2 Å². The normalized spacial score (nSPS) is 15.3. The summed E-state index contributed by atoms with van der Waals surface area (Å²) in [5.41, 5.74) is 3.93. The van der Waals surface area contributed by atoms with E-state index in [1.54, 1.807) is 6.26 Å². The van der Waals surface area contributed by atoms with E-state index in [1.165, 1.54) is 10.6 Å². The predicted molar refractivity (Wildman–Crippen MR) is 132 cm³/mol. The average molecular weight is 471 g/mol. The Bertz CT molecular complexity index is 1290. The summed E-state index contributed by atoms with van der Waals surface area (Å²) in [6.45, 7) is -0.125. The predicted octanol–water partition coefficient (Wildman–Crippen LogP) is 6.28. The molecule has 2 heterocycles. The minimum absolute atomic E-state index is 0.125. The van der Waals surface area contributed by atoms with Crippen molar-refractivity contribution in [2.45, 2.75) is 18.9 Å². The van der Waals surface area contributed by atoms with E-state index in [2.05, 4.69) is 17.2 Å². The standard InChI is InChI=1S/C28H23ClN2O3/c29-23-14-12-21(13-15-23)24-18-25(27-11-6-16-33-27)31(30-24)28(32)19-34-26-10-5-4-9-22(26)17-20-7-2-1-3-8-20/h1-16,25H,17-19H2. The van der Waals surface area contributed by atoms with Gasteiger partial charge in [-0.2, -0.15) is 5.10 Å². The second-order valence-corrected chi connectivity index (χ2v) is 8.52. The summed E-state index contributed by atoms with van der Waals surface area (Å²) in [7, 11) is 0. The van der Waals surface area contributed by atoms with Crippen LogP contribution in [0.5, 0.6) is 5.75 Å². The molecule has 0 saturated heterocycles. The summed E-state index contributed by atoms with van der Waals surface area (Å²) in [6, 6.07) is 28.8. The van der Waals surface area contributed by atoms with Gasteiger partial charge in [-0.05, 0) is 47.0 Å². The van der Waals surface area contributed by atoms with E-state index in [4.69, 9.17) is 20.8 Å². The minimum atomic E-state index is -0.323. The Morgan fingerprint density at radius 3 is 2.50 bits per heavy atom. The molecule has 6 heteroatoms. The quantitative estimate of drug-likeness (QED) is 0.319. The Morgan fingerprint density at radius 2 is 1.74 bits per heavy atom. The fourth-order valence-electron chi connectivity index (χ4n) is 4.07. The van der Waals surface area contributed by atoms with Crippen LogP contribution in [0.2, 0.25) is 5.02 Å². The number of furan rings is 1. The Labute approximate surface area is 203 Å². The lowest BCUT2D eigenvalue weighted by Crippen LogP contribution is -2.31. The van der Waals surface area contributed by atoms with E-state index in [1.807, 2.05) is 78.9 Å². The molecule has 1 unspecified atom stereocenters. The van der Waals surface area contributed by atoms with E-state index in [9.17, 15) is 4.79 Å². The van der Waals surface area contributed by atoms with E-state index in [0.717, 1.165) is 23.3 Å². The van der Waals surface area contributed by atoms with Crippen molar-refractivity contribution in [3.05, 3.63) is 125 Å². The van der Waals surface area contributed by atoms with Gasteiger partial charge in [0.15, 0.2) is 6.61 Å². The second kappa shape index (κ2) is 9.98. The number of hydrazone groups is 1. The van der Waals surface area contributed by atoms with Crippen LogP contribution in [0.3, 0.4) is 0 Å². The van der Waals surface area contributed by atoms with E-state index >= 15 is 0 Å². The Kier molecular flexibility index (Phi) is 6.45. The van der Waals surface area contributed by atoms with Crippen LogP contribution in [0.4, 0.5) is 0 Å². The maximum atomic E-state index is 13.3. The number of ether oxygens (including phenoxy) is 1. The summed E-state index contributed by atoms with van der Waals surface area (Å²) in [4.78, 5) is 13.3. The van der Waals surface area contributed by atoms with Crippen molar-refractivity contribution >= 4 is 23.2 Å². The zero-order valence-corrected chi connectivity index (χ0v) is 19.2. The van der Waals surface area contributed by atoms with Crippen LogP contribution in [0.15, 0.2) is 107 Å². The number of halogens is 1. The van der Waals surface area contributed by atoms with Crippen molar-refractivity contribution in [1.82, 2.24) is 5.01 Å². The molecular weight excluding hydrogens is 448 g/mol. The average Bonchev–Trinajstić information content (AvgIpc) is 3.55. The van der Waals surface area contributed by atoms with Gasteiger partial charge in [0.1, 0.15) is 17.6 Å². The highest BCUT2D eigenvalue weighted by atomic mass is 35.5. The first-order chi connectivity index (χ1) is 16.7. The summed E-state index contributed by atoms with van der Waals surface area (Å²) >= 11 is 6.03. The van der Waals surface area contributed by atoms with Gasteiger partial charge in [0.05, 0.1) is 12.0 Å². The Balaban J connectivity index is 1.34. The molecule has 1 aliphatic rings.